The van der Waals surface area contributed by atoms with Crippen molar-refractivity contribution in [1.82, 2.24) is 60.0 Å². The minimum atomic E-state index is -4.51. The predicted molar refractivity (Wildman–Crippen MR) is 373 cm³/mol. The zero-order chi connectivity index (χ0) is 74.3. The van der Waals surface area contributed by atoms with E-state index in [1.165, 1.54) is 92.8 Å². The van der Waals surface area contributed by atoms with Crippen LogP contribution in [0, 0.1) is 41.4 Å². The van der Waals surface area contributed by atoms with E-state index in [-0.39, 0.29) is 100 Å². The maximum absolute atomic E-state index is 15.4. The number of alkyl halides is 4. The third kappa shape index (κ3) is 22.0. The minimum Gasteiger partial charge on any atom is -0.347 e. The second-order valence-corrected chi connectivity index (χ2v) is 31.6. The van der Waals surface area contributed by atoms with Crippen LogP contribution < -0.4 is 16.0 Å². The Bertz CT molecular complexity index is 2850. The number of amides is 12. The lowest BCUT2D eigenvalue weighted by atomic mass is 9.78. The molecule has 3 N–H and O–H groups in total. The Balaban J connectivity index is 1.57. The third-order valence-corrected chi connectivity index (χ3v) is 23.3. The first-order chi connectivity index (χ1) is 46.3. The third-order valence-electron chi connectivity index (χ3n) is 21.9. The highest BCUT2D eigenvalue weighted by Crippen LogP contribution is 2.44. The van der Waals surface area contributed by atoms with E-state index in [0.29, 0.717) is 38.0 Å². The normalized spacial score (nSPS) is 30.1. The number of fused-ring (bicyclic) bond motifs is 1. The van der Waals surface area contributed by atoms with Crippen LogP contribution in [-0.4, -0.2) is 275 Å². The second-order valence-electron chi connectivity index (χ2n) is 30.0. The van der Waals surface area contributed by atoms with Crippen molar-refractivity contribution in [3.05, 3.63) is 0 Å². The molecule has 2 aliphatic heterocycles. The molecule has 3 saturated carbocycles. The summed E-state index contributed by atoms with van der Waals surface area (Å²) in [6.07, 6.45) is 2.10. The highest BCUT2D eigenvalue weighted by molar-refractivity contribution is 8.00. The van der Waals surface area contributed by atoms with Crippen LogP contribution in [0.1, 0.15) is 170 Å². The Morgan fingerprint density at radius 2 is 1.23 bits per heavy atom. The Kier molecular flexibility index (Phi) is 31.6. The summed E-state index contributed by atoms with van der Waals surface area (Å²) in [7, 11) is 13.1. The van der Waals surface area contributed by atoms with Crippen molar-refractivity contribution in [2.45, 2.75) is 230 Å². The van der Waals surface area contributed by atoms with Gasteiger partial charge < -0.3 is 60.0 Å². The van der Waals surface area contributed by atoms with E-state index in [0.717, 1.165) is 52.1 Å². The van der Waals surface area contributed by atoms with Crippen molar-refractivity contribution in [2.75, 3.05) is 101 Å². The first kappa shape index (κ1) is 83.7. The van der Waals surface area contributed by atoms with Crippen LogP contribution in [0.2, 0.25) is 0 Å². The lowest BCUT2D eigenvalue weighted by Crippen LogP contribution is -2.65. The molecule has 5 aliphatic rings. The molecular weight excluding hydrogens is 1330 g/mol. The maximum Gasteiger partial charge on any atom is 0.393 e. The highest BCUT2D eigenvalue weighted by atomic mass is 35.5. The smallest absolute Gasteiger partial charge is 0.347 e. The zero-order valence-corrected chi connectivity index (χ0v) is 63.3. The number of carbonyl (C=O) groups excluding carboxylic acids is 12. The van der Waals surface area contributed by atoms with Crippen molar-refractivity contribution < 1.29 is 70.7 Å². The summed E-state index contributed by atoms with van der Waals surface area (Å²) < 4.78 is 42.0. The molecule has 0 aromatic carbocycles. The van der Waals surface area contributed by atoms with Crippen molar-refractivity contribution in [1.29, 1.82) is 0 Å². The average molecular weight is 1440 g/mol. The molecule has 0 aromatic heterocycles. The van der Waals surface area contributed by atoms with Gasteiger partial charge in [-0.05, 0) is 106 Å². The SMILES string of the molecule is CC[C@H](C)[C@@H]1NC(=O)[C@H](CC(C)C)N(C)C(=O)CSC[C@@H](C(=O)N(C)C)N(C)C(=O)[C@H]([C@@H](C)CC)N(C)C(=O)C2(CCCC2)NC(=O)[C@@H]2CCCN2C(=O)[C@H](CCC2CCC(C(F)(F)F)C(Cl)C2)NC(=O)CN(C)C(=O)[C@H](CC2CCC(C)CC2)N(C)C(=O)CN(C)C(=O)CN(C)C1=O. The topological polar surface area (TPSA) is 270 Å². The standard InChI is InChI=1S/C70H116ClF3N12O12S/c1-17-44(6)59-66(96)81(12)38-56(88)79(10)39-57(89)83(14)53(36-47-25-23-43(5)24-26-47)65(95)80(11)37-55(87)75-50(30-28-46-27-29-48(49(71)35-46)70(72,73)74)63(93)86-33-21-22-51(86)62(92)77-69(31-19-20-32-69)68(98)85(16)60(45(7)18-2)67(97)84(15)54(64(94)78(8)9)40-99-41-58(90)82(13)52(34-42(3)4)61(91)76-59/h42-54,59-60H,17-41H2,1-16H3,(H,75,87)(H,76,91)(H,77,92)/t43?,44-,45-,46?,47?,48?,49?,50-,51-,52-,53-,54-,59-,60-/m0/s1. The van der Waals surface area contributed by atoms with Gasteiger partial charge in [0.1, 0.15) is 47.8 Å². The molecule has 29 heteroatoms. The molecule has 1 spiro atoms. The summed E-state index contributed by atoms with van der Waals surface area (Å²) in [5.41, 5.74) is -1.53. The summed E-state index contributed by atoms with van der Waals surface area (Å²) in [5.74, 6) is -10.2. The Morgan fingerprint density at radius 1 is 0.646 bits per heavy atom. The van der Waals surface area contributed by atoms with Gasteiger partial charge in [-0.1, -0.05) is 99.8 Å². The van der Waals surface area contributed by atoms with E-state index in [2.05, 4.69) is 22.9 Å². The van der Waals surface area contributed by atoms with Gasteiger partial charge in [0.2, 0.25) is 70.9 Å². The molecule has 12 atom stereocenters. The highest BCUT2D eigenvalue weighted by Gasteiger charge is 2.51. The van der Waals surface area contributed by atoms with Crippen LogP contribution in [0.4, 0.5) is 13.2 Å². The maximum atomic E-state index is 15.4. The molecule has 0 aromatic rings. The van der Waals surface area contributed by atoms with Crippen molar-refractivity contribution >= 4 is 94.2 Å². The number of hydrogen-bond donors (Lipinski definition) is 3. The molecular formula is C70H116ClF3N12O12S. The lowest BCUT2D eigenvalue weighted by molar-refractivity contribution is -0.182. The Labute approximate surface area is 594 Å². The summed E-state index contributed by atoms with van der Waals surface area (Å²) in [4.78, 5) is 187. The quantitative estimate of drug-likeness (QED) is 0.201. The van der Waals surface area contributed by atoms with E-state index in [4.69, 9.17) is 11.6 Å². The molecule has 0 radical (unpaired) electrons. The average Bonchev–Trinajstić information content (AvgIpc) is 1.72. The number of thioether (sulfide) groups is 1. The molecule has 5 rings (SSSR count). The van der Waals surface area contributed by atoms with Crippen LogP contribution in [0.3, 0.4) is 0 Å². The van der Waals surface area contributed by atoms with Gasteiger partial charge in [-0.2, -0.15) is 13.2 Å². The molecule has 24 nitrogen and oxygen atoms in total. The molecule has 2 heterocycles. The van der Waals surface area contributed by atoms with Gasteiger partial charge >= 0.3 is 6.18 Å². The van der Waals surface area contributed by atoms with Crippen molar-refractivity contribution in [2.24, 2.45) is 41.4 Å². The summed E-state index contributed by atoms with van der Waals surface area (Å²) in [5, 5.41) is 7.55. The van der Waals surface area contributed by atoms with Crippen LogP contribution >= 0.6 is 23.4 Å². The fourth-order valence-corrected chi connectivity index (χ4v) is 16.4. The van der Waals surface area contributed by atoms with E-state index in [9.17, 15) is 51.5 Å². The fourth-order valence-electron chi connectivity index (χ4n) is 14.8. The molecule has 0 bridgehead atoms. The van der Waals surface area contributed by atoms with Gasteiger partial charge in [-0.15, -0.1) is 23.4 Å². The number of carbonyl (C=O) groups is 12. The van der Waals surface area contributed by atoms with E-state index in [1.807, 2.05) is 27.7 Å². The number of nitrogens with zero attached hydrogens (tertiary/aromatic N) is 9. The molecule has 3 unspecified atom stereocenters. The van der Waals surface area contributed by atoms with Crippen LogP contribution in [0.15, 0.2) is 0 Å². The van der Waals surface area contributed by atoms with Crippen LogP contribution in [-0.2, 0) is 57.5 Å². The van der Waals surface area contributed by atoms with Gasteiger partial charge in [-0.3, -0.25) is 57.5 Å². The van der Waals surface area contributed by atoms with Crippen LogP contribution in [0.5, 0.6) is 0 Å². The number of rotatable bonds is 12. The first-order valence-electron chi connectivity index (χ1n) is 35.8. The lowest BCUT2D eigenvalue weighted by Gasteiger charge is -2.41. The number of nitrogens with one attached hydrogen (secondary N) is 3. The van der Waals surface area contributed by atoms with Crippen molar-refractivity contribution in [3.8, 4) is 0 Å². The van der Waals surface area contributed by atoms with Gasteiger partial charge in [0, 0.05) is 81.1 Å². The second kappa shape index (κ2) is 37.3. The largest absolute Gasteiger partial charge is 0.393 e. The minimum absolute atomic E-state index is 0.00205. The monoisotopic (exact) mass is 1440 g/mol. The molecule has 562 valence electrons. The zero-order valence-electron chi connectivity index (χ0n) is 61.7. The van der Waals surface area contributed by atoms with Crippen LogP contribution in [0.25, 0.3) is 0 Å². The number of likely N-dealkylation sites (N-methyl/N-ethyl adjacent to an activating group) is 8. The first-order valence-corrected chi connectivity index (χ1v) is 37.4. The Morgan fingerprint density at radius 3 is 1.81 bits per heavy atom. The predicted octanol–water partition coefficient (Wildman–Crippen LogP) is 5.62. The van der Waals surface area contributed by atoms with E-state index in [1.54, 1.807) is 13.8 Å². The van der Waals surface area contributed by atoms with Gasteiger partial charge in [-0.25, -0.2) is 0 Å². The summed E-state index contributed by atoms with van der Waals surface area (Å²) in [6.45, 7) is 11.6. The summed E-state index contributed by atoms with van der Waals surface area (Å²) in [6, 6.07) is -8.13. The van der Waals surface area contributed by atoms with Gasteiger partial charge in [0.25, 0.3) is 0 Å². The molecule has 5 fully saturated rings. The van der Waals surface area contributed by atoms with Crippen molar-refractivity contribution in [3.63, 3.8) is 0 Å². The Hall–Kier alpha value is -5.93. The molecule has 99 heavy (non-hydrogen) atoms. The fraction of sp³-hybridized carbons (Fsp3) is 0.829. The molecule has 2 saturated heterocycles. The van der Waals surface area contributed by atoms with Gasteiger partial charge in [0.15, 0.2) is 0 Å². The molecule has 3 aliphatic carbocycles. The number of hydrogen-bond acceptors (Lipinski definition) is 13. The summed E-state index contributed by atoms with van der Waals surface area (Å²) >= 11 is 7.46. The number of halogens is 4. The molecule has 12 amide bonds. The van der Waals surface area contributed by atoms with E-state index < -0.39 is 168 Å². The van der Waals surface area contributed by atoms with E-state index >= 15 is 19.2 Å². The van der Waals surface area contributed by atoms with Gasteiger partial charge in [0.05, 0.1) is 31.3 Å².